The zero-order chi connectivity index (χ0) is 26.1. The van der Waals surface area contributed by atoms with Crippen LogP contribution >= 0.6 is 0 Å². The fraction of sp³-hybridized carbons (Fsp3) is 0.269. The van der Waals surface area contributed by atoms with Crippen LogP contribution in [0.25, 0.3) is 0 Å². The third-order valence-electron chi connectivity index (χ3n) is 5.35. The van der Waals surface area contributed by atoms with E-state index >= 15 is 0 Å². The molecule has 190 valence electrons. The number of nitrogens with one attached hydrogen (secondary N) is 2. The summed E-state index contributed by atoms with van der Waals surface area (Å²) < 4.78 is 20.8. The highest BCUT2D eigenvalue weighted by Gasteiger charge is 2.22. The Morgan fingerprint density at radius 2 is 1.58 bits per heavy atom. The van der Waals surface area contributed by atoms with Crippen molar-refractivity contribution < 1.29 is 33.0 Å². The third kappa shape index (κ3) is 6.35. The normalized spacial score (nSPS) is 10.3. The summed E-state index contributed by atoms with van der Waals surface area (Å²) in [6.45, 7) is 5.35. The molecule has 0 saturated heterocycles. The predicted octanol–water partition coefficient (Wildman–Crippen LogP) is 4.19. The maximum Gasteiger partial charge on any atom is 0.340 e. The van der Waals surface area contributed by atoms with E-state index in [9.17, 15) is 14.4 Å². The zero-order valence-corrected chi connectivity index (χ0v) is 20.6. The molecule has 10 heteroatoms. The summed E-state index contributed by atoms with van der Waals surface area (Å²) in [4.78, 5) is 39.9. The van der Waals surface area contributed by atoms with Crippen molar-refractivity contribution in [1.82, 2.24) is 0 Å². The van der Waals surface area contributed by atoms with E-state index < -0.39 is 24.4 Å². The monoisotopic (exact) mass is 495 g/mol. The lowest BCUT2D eigenvalue weighted by Gasteiger charge is -2.21. The van der Waals surface area contributed by atoms with Crippen molar-refractivity contribution >= 4 is 34.8 Å². The summed E-state index contributed by atoms with van der Waals surface area (Å²) >= 11 is 0. The SMILES string of the molecule is CCN(CC)c1ccc(NC(=O)COC(=O)c2cc(OC)c(OC)cc2NC(=O)c2ccco2)cc1. The first-order chi connectivity index (χ1) is 17.4. The first-order valence-corrected chi connectivity index (χ1v) is 11.3. The molecule has 0 saturated carbocycles. The Labute approximate surface area is 209 Å². The molecule has 2 aromatic carbocycles. The number of carbonyl (C=O) groups excluding carboxylic acids is 3. The van der Waals surface area contributed by atoms with Crippen LogP contribution in [0.3, 0.4) is 0 Å². The predicted molar refractivity (Wildman–Crippen MR) is 135 cm³/mol. The van der Waals surface area contributed by atoms with Crippen LogP contribution in [0.4, 0.5) is 17.1 Å². The Bertz CT molecular complexity index is 1190. The Hall–Kier alpha value is -4.47. The van der Waals surface area contributed by atoms with E-state index in [1.807, 2.05) is 12.1 Å². The molecule has 36 heavy (non-hydrogen) atoms. The summed E-state index contributed by atoms with van der Waals surface area (Å²) in [7, 11) is 2.83. The van der Waals surface area contributed by atoms with Gasteiger partial charge in [-0.25, -0.2) is 4.79 Å². The van der Waals surface area contributed by atoms with Crippen LogP contribution < -0.4 is 25.0 Å². The molecule has 0 spiro atoms. The number of benzene rings is 2. The number of esters is 1. The van der Waals surface area contributed by atoms with Crippen LogP contribution in [-0.2, 0) is 9.53 Å². The number of hydrogen-bond acceptors (Lipinski definition) is 8. The molecule has 2 N–H and O–H groups in total. The maximum absolute atomic E-state index is 12.9. The van der Waals surface area contributed by atoms with E-state index in [0.717, 1.165) is 18.8 Å². The molecule has 3 aromatic rings. The molecular formula is C26H29N3O7. The molecule has 2 amide bonds. The standard InChI is InChI=1S/C26H29N3O7/c1-5-29(6-2)18-11-9-17(10-12-18)27-24(30)16-36-26(32)19-14-22(33-3)23(34-4)15-20(19)28-25(31)21-8-7-13-35-21/h7-15H,5-6,16H2,1-4H3,(H,27,30)(H,28,31). The molecule has 0 bridgehead atoms. The molecule has 0 radical (unpaired) electrons. The number of hydrogen-bond donors (Lipinski definition) is 2. The minimum absolute atomic E-state index is 0.0241. The van der Waals surface area contributed by atoms with E-state index in [1.165, 1.54) is 38.7 Å². The van der Waals surface area contributed by atoms with Gasteiger partial charge in [-0.3, -0.25) is 9.59 Å². The second-order valence-electron chi connectivity index (χ2n) is 7.53. The topological polar surface area (TPSA) is 119 Å². The second-order valence-corrected chi connectivity index (χ2v) is 7.53. The van der Waals surface area contributed by atoms with Crippen molar-refractivity contribution in [2.75, 3.05) is 49.4 Å². The number of furan rings is 1. The summed E-state index contributed by atoms with van der Waals surface area (Å²) in [5.41, 5.74) is 1.70. The van der Waals surface area contributed by atoms with E-state index in [4.69, 9.17) is 18.6 Å². The van der Waals surface area contributed by atoms with E-state index in [0.29, 0.717) is 5.69 Å². The zero-order valence-electron chi connectivity index (χ0n) is 20.6. The summed E-state index contributed by atoms with van der Waals surface area (Å²) in [6, 6.07) is 13.2. The molecule has 3 rings (SSSR count). The van der Waals surface area contributed by atoms with Gasteiger partial charge in [-0.15, -0.1) is 0 Å². The Balaban J connectivity index is 1.70. The quantitative estimate of drug-likeness (QED) is 0.380. The lowest BCUT2D eigenvalue weighted by molar-refractivity contribution is -0.119. The highest BCUT2D eigenvalue weighted by Crippen LogP contribution is 2.34. The Kier molecular flexibility index (Phi) is 8.93. The van der Waals surface area contributed by atoms with Gasteiger partial charge in [0.25, 0.3) is 11.8 Å². The largest absolute Gasteiger partial charge is 0.493 e. The summed E-state index contributed by atoms with van der Waals surface area (Å²) in [6.07, 6.45) is 1.36. The molecule has 0 aliphatic carbocycles. The fourth-order valence-electron chi connectivity index (χ4n) is 3.49. The lowest BCUT2D eigenvalue weighted by atomic mass is 10.1. The van der Waals surface area contributed by atoms with Gasteiger partial charge in [0.15, 0.2) is 23.9 Å². The second kappa shape index (κ2) is 12.3. The molecule has 0 atom stereocenters. The third-order valence-corrected chi connectivity index (χ3v) is 5.35. The van der Waals surface area contributed by atoms with Crippen LogP contribution in [0, 0.1) is 0 Å². The lowest BCUT2D eigenvalue weighted by Crippen LogP contribution is -2.23. The van der Waals surface area contributed by atoms with Gasteiger partial charge < -0.3 is 34.2 Å². The minimum atomic E-state index is -0.835. The van der Waals surface area contributed by atoms with Crippen LogP contribution in [0.5, 0.6) is 11.5 Å². The van der Waals surface area contributed by atoms with Gasteiger partial charge in [0.2, 0.25) is 0 Å². The van der Waals surface area contributed by atoms with Crippen molar-refractivity contribution in [2.24, 2.45) is 0 Å². The Morgan fingerprint density at radius 3 is 2.17 bits per heavy atom. The molecule has 10 nitrogen and oxygen atoms in total. The average molecular weight is 496 g/mol. The number of carbonyl (C=O) groups is 3. The van der Waals surface area contributed by atoms with Gasteiger partial charge in [-0.2, -0.15) is 0 Å². The van der Waals surface area contributed by atoms with Gasteiger partial charge in [0.05, 0.1) is 31.7 Å². The van der Waals surface area contributed by atoms with Crippen LogP contribution in [0.2, 0.25) is 0 Å². The van der Waals surface area contributed by atoms with Crippen LogP contribution in [-0.4, -0.2) is 51.7 Å². The summed E-state index contributed by atoms with van der Waals surface area (Å²) in [5.74, 6) is -1.34. The van der Waals surface area contributed by atoms with Crippen molar-refractivity contribution in [3.8, 4) is 11.5 Å². The van der Waals surface area contributed by atoms with Crippen molar-refractivity contribution in [1.29, 1.82) is 0 Å². The van der Waals surface area contributed by atoms with Crippen molar-refractivity contribution in [2.45, 2.75) is 13.8 Å². The van der Waals surface area contributed by atoms with Gasteiger partial charge in [-0.05, 0) is 50.2 Å². The van der Waals surface area contributed by atoms with Crippen molar-refractivity contribution in [3.63, 3.8) is 0 Å². The number of rotatable bonds is 11. The van der Waals surface area contributed by atoms with E-state index in [-0.39, 0.29) is 28.5 Å². The molecule has 1 heterocycles. The maximum atomic E-state index is 12.9. The smallest absolute Gasteiger partial charge is 0.340 e. The van der Waals surface area contributed by atoms with E-state index in [2.05, 4.69) is 29.4 Å². The first kappa shape index (κ1) is 26.1. The van der Waals surface area contributed by atoms with Gasteiger partial charge in [0, 0.05) is 36.6 Å². The Morgan fingerprint density at radius 1 is 0.917 bits per heavy atom. The first-order valence-electron chi connectivity index (χ1n) is 11.3. The number of methoxy groups -OCH3 is 2. The molecule has 0 unspecified atom stereocenters. The highest BCUT2D eigenvalue weighted by molar-refractivity contribution is 6.07. The van der Waals surface area contributed by atoms with Gasteiger partial charge >= 0.3 is 5.97 Å². The molecule has 1 aromatic heterocycles. The number of anilines is 3. The molecule has 0 fully saturated rings. The number of nitrogens with zero attached hydrogens (tertiary/aromatic N) is 1. The fourth-order valence-corrected chi connectivity index (χ4v) is 3.49. The molecular weight excluding hydrogens is 466 g/mol. The highest BCUT2D eigenvalue weighted by atomic mass is 16.5. The van der Waals surface area contributed by atoms with Gasteiger partial charge in [0.1, 0.15) is 0 Å². The molecule has 0 aliphatic rings. The summed E-state index contributed by atoms with van der Waals surface area (Å²) in [5, 5.41) is 5.29. The van der Waals surface area contributed by atoms with Gasteiger partial charge in [-0.1, -0.05) is 0 Å². The van der Waals surface area contributed by atoms with Crippen molar-refractivity contribution in [3.05, 3.63) is 66.1 Å². The average Bonchev–Trinajstić information content (AvgIpc) is 3.44. The van der Waals surface area contributed by atoms with Crippen LogP contribution in [0.15, 0.2) is 59.2 Å². The number of ether oxygens (including phenoxy) is 3. The molecule has 0 aliphatic heterocycles. The van der Waals surface area contributed by atoms with Crippen LogP contribution in [0.1, 0.15) is 34.8 Å². The van der Waals surface area contributed by atoms with E-state index in [1.54, 1.807) is 18.2 Å². The minimum Gasteiger partial charge on any atom is -0.493 e. The number of amides is 2.